The van der Waals surface area contributed by atoms with Crippen LogP contribution >= 0.6 is 0 Å². The average molecular weight is 183 g/mol. The van der Waals surface area contributed by atoms with Gasteiger partial charge in [0.05, 0.1) is 0 Å². The highest BCUT2D eigenvalue weighted by Gasteiger charge is 1.90. The quantitative estimate of drug-likeness (QED) is 0.315. The van der Waals surface area contributed by atoms with E-state index < -0.39 is 0 Å². The van der Waals surface area contributed by atoms with E-state index in [1.54, 1.807) is 0 Å². The van der Waals surface area contributed by atoms with Crippen molar-refractivity contribution in [3.63, 3.8) is 0 Å². The van der Waals surface area contributed by atoms with E-state index in [1.165, 1.54) is 38.3 Å². The van der Waals surface area contributed by atoms with Gasteiger partial charge in [-0.25, -0.2) is 0 Å². The highest BCUT2D eigenvalue weighted by Crippen LogP contribution is 2.08. The molecule has 2 heteroatoms. The Morgan fingerprint density at radius 3 is 1.69 bits per heavy atom. The summed E-state index contributed by atoms with van der Waals surface area (Å²) >= 11 is 0. The molecule has 1 N–H and O–H groups in total. The van der Waals surface area contributed by atoms with E-state index in [-0.39, 0.29) is 0 Å². The summed E-state index contributed by atoms with van der Waals surface area (Å²) in [4.78, 5) is 9.99. The highest BCUT2D eigenvalue weighted by molar-refractivity contribution is 5.52. The number of rotatable bonds is 10. The number of hydrogen-bond donors (Lipinski definition) is 1. The van der Waals surface area contributed by atoms with Crippen molar-refractivity contribution in [2.45, 2.75) is 57.8 Å². The SMILES string of the molecule is N=CCCCCCCCCCC=O. The molecule has 0 fully saturated rings. The van der Waals surface area contributed by atoms with Crippen LogP contribution in [0.4, 0.5) is 0 Å². The molecule has 0 radical (unpaired) electrons. The third-order valence-electron chi connectivity index (χ3n) is 2.17. The summed E-state index contributed by atoms with van der Waals surface area (Å²) in [6, 6.07) is 0. The molecule has 0 aliphatic rings. The average Bonchev–Trinajstić information content (AvgIpc) is 2.16. The van der Waals surface area contributed by atoms with E-state index in [0.717, 1.165) is 32.0 Å². The Morgan fingerprint density at radius 2 is 1.23 bits per heavy atom. The fourth-order valence-electron chi connectivity index (χ4n) is 1.36. The Labute approximate surface area is 81.2 Å². The molecule has 0 aromatic heterocycles. The Kier molecular flexibility index (Phi) is 10.8. The molecule has 0 bridgehead atoms. The van der Waals surface area contributed by atoms with Crippen LogP contribution in [-0.2, 0) is 4.79 Å². The Balaban J connectivity index is 2.83. The van der Waals surface area contributed by atoms with Crippen molar-refractivity contribution in [1.82, 2.24) is 0 Å². The normalized spacial score (nSPS) is 9.85. The summed E-state index contributed by atoms with van der Waals surface area (Å²) in [5.74, 6) is 0. The summed E-state index contributed by atoms with van der Waals surface area (Å²) in [6.45, 7) is 0. The Hall–Kier alpha value is -0.660. The first kappa shape index (κ1) is 12.3. The molecular formula is C11H21NO. The highest BCUT2D eigenvalue weighted by atomic mass is 16.1. The fraction of sp³-hybridized carbons (Fsp3) is 0.818. The molecular weight excluding hydrogens is 162 g/mol. The van der Waals surface area contributed by atoms with Crippen LogP contribution in [0.2, 0.25) is 0 Å². The third kappa shape index (κ3) is 11.3. The van der Waals surface area contributed by atoms with Crippen molar-refractivity contribution < 1.29 is 4.79 Å². The van der Waals surface area contributed by atoms with Gasteiger partial charge < -0.3 is 10.2 Å². The summed E-state index contributed by atoms with van der Waals surface area (Å²) in [7, 11) is 0. The van der Waals surface area contributed by atoms with Gasteiger partial charge in [-0.3, -0.25) is 0 Å². The second-order valence-electron chi connectivity index (χ2n) is 3.42. The third-order valence-corrected chi connectivity index (χ3v) is 2.17. The van der Waals surface area contributed by atoms with E-state index in [1.807, 2.05) is 0 Å². The monoisotopic (exact) mass is 183 g/mol. The number of aldehydes is 1. The molecule has 0 rings (SSSR count). The lowest BCUT2D eigenvalue weighted by Gasteiger charge is -1.98. The molecule has 0 aliphatic heterocycles. The van der Waals surface area contributed by atoms with E-state index >= 15 is 0 Å². The van der Waals surface area contributed by atoms with Gasteiger partial charge in [-0.15, -0.1) is 0 Å². The standard InChI is InChI=1S/C11H21NO/c12-10-8-6-4-2-1-3-5-7-9-11-13/h10-12H,1-9H2. The summed E-state index contributed by atoms with van der Waals surface area (Å²) < 4.78 is 0. The molecule has 0 atom stereocenters. The van der Waals surface area contributed by atoms with E-state index in [0.29, 0.717) is 0 Å². The molecule has 0 spiro atoms. The lowest BCUT2D eigenvalue weighted by molar-refractivity contribution is -0.107. The molecule has 2 nitrogen and oxygen atoms in total. The molecule has 0 aliphatic carbocycles. The molecule has 0 aromatic carbocycles. The lowest BCUT2D eigenvalue weighted by Crippen LogP contribution is -1.82. The predicted molar refractivity (Wildman–Crippen MR) is 56.4 cm³/mol. The van der Waals surface area contributed by atoms with Crippen LogP contribution in [0.3, 0.4) is 0 Å². The number of hydrogen-bond acceptors (Lipinski definition) is 2. The number of carbonyl (C=O) groups is 1. The van der Waals surface area contributed by atoms with Crippen LogP contribution in [0.15, 0.2) is 0 Å². The first-order chi connectivity index (χ1) is 6.41. The van der Waals surface area contributed by atoms with Crippen LogP contribution in [-0.4, -0.2) is 12.5 Å². The fourth-order valence-corrected chi connectivity index (χ4v) is 1.36. The number of nitrogens with one attached hydrogen (secondary N) is 1. The smallest absolute Gasteiger partial charge is 0.119 e. The summed E-state index contributed by atoms with van der Waals surface area (Å²) in [5.41, 5.74) is 0. The van der Waals surface area contributed by atoms with E-state index in [4.69, 9.17) is 5.41 Å². The number of unbranched alkanes of at least 4 members (excludes halogenated alkanes) is 8. The first-order valence-electron chi connectivity index (χ1n) is 5.34. The van der Waals surface area contributed by atoms with Crippen molar-refractivity contribution in [2.24, 2.45) is 0 Å². The molecule has 0 saturated carbocycles. The number of carbonyl (C=O) groups excluding carboxylic acids is 1. The maximum atomic E-state index is 9.99. The molecule has 0 saturated heterocycles. The van der Waals surface area contributed by atoms with Crippen LogP contribution in [0, 0.1) is 5.41 Å². The lowest BCUT2D eigenvalue weighted by atomic mass is 10.1. The van der Waals surface area contributed by atoms with Gasteiger partial charge in [-0.05, 0) is 25.5 Å². The van der Waals surface area contributed by atoms with Gasteiger partial charge in [0.15, 0.2) is 0 Å². The van der Waals surface area contributed by atoms with Crippen molar-refractivity contribution in [3.8, 4) is 0 Å². The molecule has 0 amide bonds. The van der Waals surface area contributed by atoms with Crippen molar-refractivity contribution in [3.05, 3.63) is 0 Å². The zero-order valence-corrected chi connectivity index (χ0v) is 8.43. The van der Waals surface area contributed by atoms with Gasteiger partial charge in [0.1, 0.15) is 6.29 Å². The maximum absolute atomic E-state index is 9.99. The van der Waals surface area contributed by atoms with Crippen molar-refractivity contribution in [2.75, 3.05) is 0 Å². The molecule has 76 valence electrons. The Bertz CT molecular complexity index is 109. The molecule has 13 heavy (non-hydrogen) atoms. The molecule has 0 aromatic rings. The van der Waals surface area contributed by atoms with Crippen molar-refractivity contribution >= 4 is 12.5 Å². The minimum Gasteiger partial charge on any atom is -0.313 e. The molecule has 0 unspecified atom stereocenters. The summed E-state index contributed by atoms with van der Waals surface area (Å²) in [6.07, 6.45) is 12.7. The second-order valence-corrected chi connectivity index (χ2v) is 3.42. The van der Waals surface area contributed by atoms with Crippen LogP contribution in [0.1, 0.15) is 57.8 Å². The van der Waals surface area contributed by atoms with Crippen LogP contribution in [0.25, 0.3) is 0 Å². The van der Waals surface area contributed by atoms with Crippen LogP contribution in [0.5, 0.6) is 0 Å². The Morgan fingerprint density at radius 1 is 0.769 bits per heavy atom. The van der Waals surface area contributed by atoms with Gasteiger partial charge >= 0.3 is 0 Å². The zero-order chi connectivity index (χ0) is 9.78. The topological polar surface area (TPSA) is 40.9 Å². The summed E-state index contributed by atoms with van der Waals surface area (Å²) in [5, 5.41) is 6.84. The van der Waals surface area contributed by atoms with Crippen LogP contribution < -0.4 is 0 Å². The van der Waals surface area contributed by atoms with Gasteiger partial charge in [-0.2, -0.15) is 0 Å². The largest absolute Gasteiger partial charge is 0.313 e. The van der Waals surface area contributed by atoms with Gasteiger partial charge in [0, 0.05) is 6.42 Å². The minimum absolute atomic E-state index is 0.730. The maximum Gasteiger partial charge on any atom is 0.119 e. The van der Waals surface area contributed by atoms with E-state index in [9.17, 15) is 4.79 Å². The first-order valence-corrected chi connectivity index (χ1v) is 5.34. The predicted octanol–water partition coefficient (Wildman–Crippen LogP) is 3.35. The minimum atomic E-state index is 0.730. The van der Waals surface area contributed by atoms with Crippen molar-refractivity contribution in [1.29, 1.82) is 5.41 Å². The van der Waals surface area contributed by atoms with Gasteiger partial charge in [-0.1, -0.05) is 32.1 Å². The van der Waals surface area contributed by atoms with Gasteiger partial charge in [0.25, 0.3) is 0 Å². The zero-order valence-electron chi connectivity index (χ0n) is 8.43. The second kappa shape index (κ2) is 11.3. The van der Waals surface area contributed by atoms with E-state index in [2.05, 4.69) is 0 Å². The van der Waals surface area contributed by atoms with Gasteiger partial charge in [0.2, 0.25) is 0 Å². The molecule has 0 heterocycles.